The van der Waals surface area contributed by atoms with E-state index in [4.69, 9.17) is 16.2 Å². The van der Waals surface area contributed by atoms with Crippen molar-refractivity contribution in [1.29, 1.82) is 0 Å². The molecular weight excluding hydrogens is 338 g/mol. The molecule has 3 aromatic rings. The summed E-state index contributed by atoms with van der Waals surface area (Å²) in [5, 5.41) is 3.35. The number of nitrogen functional groups attached to an aromatic ring is 2. The van der Waals surface area contributed by atoms with Crippen LogP contribution < -0.4 is 16.8 Å². The van der Waals surface area contributed by atoms with Gasteiger partial charge in [0.25, 0.3) is 0 Å². The lowest BCUT2D eigenvalue weighted by atomic mass is 10.0. The first-order chi connectivity index (χ1) is 13.2. The Hall–Kier alpha value is -3.12. The number of nitrogens with two attached hydrogens (primary N) is 2. The Balaban J connectivity index is 1.55. The molecule has 0 unspecified atom stereocenters. The average Bonchev–Trinajstić information content (AvgIpc) is 2.68. The van der Waals surface area contributed by atoms with Gasteiger partial charge in [-0.1, -0.05) is 49.4 Å². The molecule has 0 aliphatic heterocycles. The fraction of sp³-hybridized carbons (Fsp3) is 0.238. The number of nitrogens with one attached hydrogen (secondary N) is 1. The van der Waals surface area contributed by atoms with E-state index in [1.807, 2.05) is 49.4 Å². The van der Waals surface area contributed by atoms with E-state index in [0.717, 1.165) is 35.5 Å². The van der Waals surface area contributed by atoms with Gasteiger partial charge in [0.1, 0.15) is 5.82 Å². The summed E-state index contributed by atoms with van der Waals surface area (Å²) in [4.78, 5) is 8.39. The summed E-state index contributed by atoms with van der Waals surface area (Å²) in [6.45, 7) is 4.02. The molecule has 0 saturated heterocycles. The highest BCUT2D eigenvalue weighted by molar-refractivity contribution is 5.77. The van der Waals surface area contributed by atoms with Crippen LogP contribution in [0.25, 0.3) is 11.1 Å². The van der Waals surface area contributed by atoms with Crippen LogP contribution in [0.2, 0.25) is 0 Å². The lowest BCUT2D eigenvalue weighted by Crippen LogP contribution is -2.09. The zero-order valence-corrected chi connectivity index (χ0v) is 15.5. The van der Waals surface area contributed by atoms with Crippen molar-refractivity contribution in [3.63, 3.8) is 0 Å². The highest BCUT2D eigenvalue weighted by Crippen LogP contribution is 2.29. The van der Waals surface area contributed by atoms with E-state index in [-0.39, 0.29) is 5.95 Å². The monoisotopic (exact) mass is 363 g/mol. The lowest BCUT2D eigenvalue weighted by molar-refractivity contribution is 0.130. The Morgan fingerprint density at radius 3 is 2.41 bits per heavy atom. The molecule has 0 fully saturated rings. The van der Waals surface area contributed by atoms with Gasteiger partial charge in [-0.25, -0.2) is 4.98 Å². The number of ether oxygens (including phenoxy) is 1. The second-order valence-electron chi connectivity index (χ2n) is 6.18. The minimum absolute atomic E-state index is 0.210. The Labute approximate surface area is 159 Å². The summed E-state index contributed by atoms with van der Waals surface area (Å²) < 4.78 is 5.68. The van der Waals surface area contributed by atoms with Crippen molar-refractivity contribution in [2.45, 2.75) is 20.0 Å². The molecular formula is C21H25N5O. The van der Waals surface area contributed by atoms with Crippen molar-refractivity contribution >= 4 is 17.5 Å². The molecule has 6 nitrogen and oxygen atoms in total. The van der Waals surface area contributed by atoms with Crippen LogP contribution >= 0.6 is 0 Å². The molecule has 0 saturated carbocycles. The molecule has 1 aromatic heterocycles. The molecule has 0 amide bonds. The first-order valence-corrected chi connectivity index (χ1v) is 9.05. The van der Waals surface area contributed by atoms with Crippen LogP contribution in [0.3, 0.4) is 0 Å². The number of anilines is 3. The third-order valence-corrected chi connectivity index (χ3v) is 4.22. The minimum Gasteiger partial charge on any atom is -0.383 e. The quantitative estimate of drug-likeness (QED) is 0.530. The van der Waals surface area contributed by atoms with Crippen molar-refractivity contribution < 1.29 is 4.74 Å². The molecule has 0 spiro atoms. The summed E-state index contributed by atoms with van der Waals surface area (Å²) >= 11 is 0. The normalized spacial score (nSPS) is 10.7. The van der Waals surface area contributed by atoms with Crippen molar-refractivity contribution in [3.05, 3.63) is 65.9 Å². The number of rotatable bonds is 8. The number of nitrogens with zero attached hydrogens (tertiary/aromatic N) is 2. The fourth-order valence-electron chi connectivity index (χ4n) is 2.90. The summed E-state index contributed by atoms with van der Waals surface area (Å²) in [6.07, 6.45) is 0.741. The molecule has 0 bridgehead atoms. The summed E-state index contributed by atoms with van der Waals surface area (Å²) in [5.74, 6) is 0.622. The van der Waals surface area contributed by atoms with E-state index >= 15 is 0 Å². The van der Waals surface area contributed by atoms with E-state index in [9.17, 15) is 0 Å². The van der Waals surface area contributed by atoms with Gasteiger partial charge in [0.2, 0.25) is 5.95 Å². The van der Waals surface area contributed by atoms with E-state index in [2.05, 4.69) is 27.4 Å². The van der Waals surface area contributed by atoms with Crippen molar-refractivity contribution in [2.75, 3.05) is 29.9 Å². The van der Waals surface area contributed by atoms with E-state index < -0.39 is 0 Å². The SMILES string of the molecule is CCc1nc(N)nc(N)c1-c1ccc(NCCOCc2ccccc2)cc1. The molecule has 27 heavy (non-hydrogen) atoms. The van der Waals surface area contributed by atoms with Crippen LogP contribution in [-0.2, 0) is 17.8 Å². The Bertz CT molecular complexity index is 866. The second-order valence-corrected chi connectivity index (χ2v) is 6.18. The standard InChI is InChI=1S/C21H25N5O/c1-2-18-19(20(22)26-21(23)25-18)16-8-10-17(11-9-16)24-12-13-27-14-15-6-4-3-5-7-15/h3-11,24H,2,12-14H2,1H3,(H4,22,23,25,26). The summed E-state index contributed by atoms with van der Waals surface area (Å²) in [5.41, 5.74) is 16.7. The Morgan fingerprint density at radius 1 is 0.963 bits per heavy atom. The number of hydrogen-bond donors (Lipinski definition) is 3. The summed E-state index contributed by atoms with van der Waals surface area (Å²) in [7, 11) is 0. The van der Waals surface area contributed by atoms with Crippen LogP contribution in [0.4, 0.5) is 17.5 Å². The van der Waals surface area contributed by atoms with Crippen LogP contribution in [0.15, 0.2) is 54.6 Å². The van der Waals surface area contributed by atoms with Crippen LogP contribution in [0, 0.1) is 0 Å². The van der Waals surface area contributed by atoms with Crippen molar-refractivity contribution in [2.24, 2.45) is 0 Å². The third-order valence-electron chi connectivity index (χ3n) is 4.22. The number of hydrogen-bond acceptors (Lipinski definition) is 6. The molecule has 5 N–H and O–H groups in total. The molecule has 1 heterocycles. The van der Waals surface area contributed by atoms with E-state index in [1.54, 1.807) is 0 Å². The largest absolute Gasteiger partial charge is 0.383 e. The predicted molar refractivity (Wildman–Crippen MR) is 110 cm³/mol. The molecule has 0 aliphatic carbocycles. The third kappa shape index (κ3) is 4.95. The Kier molecular flexibility index (Phi) is 6.22. The van der Waals surface area contributed by atoms with Gasteiger partial charge in [-0.2, -0.15) is 4.98 Å². The molecule has 0 atom stereocenters. The maximum absolute atomic E-state index is 6.07. The van der Waals surface area contributed by atoms with Gasteiger partial charge < -0.3 is 21.5 Å². The zero-order valence-electron chi connectivity index (χ0n) is 15.5. The Morgan fingerprint density at radius 2 is 1.70 bits per heavy atom. The minimum atomic E-state index is 0.210. The van der Waals surface area contributed by atoms with Gasteiger partial charge in [-0.15, -0.1) is 0 Å². The molecule has 0 radical (unpaired) electrons. The smallest absolute Gasteiger partial charge is 0.222 e. The fourth-order valence-corrected chi connectivity index (χ4v) is 2.90. The topological polar surface area (TPSA) is 99.1 Å². The van der Waals surface area contributed by atoms with E-state index in [0.29, 0.717) is 19.0 Å². The molecule has 3 rings (SSSR count). The number of aromatic nitrogens is 2. The van der Waals surface area contributed by atoms with E-state index in [1.165, 1.54) is 5.56 Å². The molecule has 0 aliphatic rings. The zero-order chi connectivity index (χ0) is 19.1. The predicted octanol–water partition coefficient (Wildman–Crippen LogP) is 3.50. The average molecular weight is 363 g/mol. The highest BCUT2D eigenvalue weighted by Gasteiger charge is 2.12. The highest BCUT2D eigenvalue weighted by atomic mass is 16.5. The molecule has 6 heteroatoms. The van der Waals surface area contributed by atoms with Crippen molar-refractivity contribution in [3.8, 4) is 11.1 Å². The first-order valence-electron chi connectivity index (χ1n) is 9.05. The number of aryl methyl sites for hydroxylation is 1. The first kappa shape index (κ1) is 18.7. The van der Waals surface area contributed by atoms with Crippen LogP contribution in [0.1, 0.15) is 18.2 Å². The van der Waals surface area contributed by atoms with Crippen molar-refractivity contribution in [1.82, 2.24) is 9.97 Å². The molecule has 140 valence electrons. The van der Waals surface area contributed by atoms with Gasteiger partial charge in [-0.3, -0.25) is 0 Å². The van der Waals surface area contributed by atoms with Crippen LogP contribution in [-0.4, -0.2) is 23.1 Å². The second kappa shape index (κ2) is 9.00. The lowest BCUT2D eigenvalue weighted by Gasteiger charge is -2.12. The maximum Gasteiger partial charge on any atom is 0.222 e. The van der Waals surface area contributed by atoms with Gasteiger partial charge in [0, 0.05) is 17.8 Å². The maximum atomic E-state index is 6.07. The number of benzene rings is 2. The van der Waals surface area contributed by atoms with Gasteiger partial charge in [0.05, 0.1) is 18.9 Å². The van der Waals surface area contributed by atoms with Crippen LogP contribution in [0.5, 0.6) is 0 Å². The van der Waals surface area contributed by atoms with Gasteiger partial charge in [-0.05, 0) is 29.7 Å². The molecule has 2 aromatic carbocycles. The van der Waals surface area contributed by atoms with Gasteiger partial charge >= 0.3 is 0 Å². The van der Waals surface area contributed by atoms with Gasteiger partial charge in [0.15, 0.2) is 0 Å². The summed E-state index contributed by atoms with van der Waals surface area (Å²) in [6, 6.07) is 18.2.